The third-order valence-corrected chi connectivity index (χ3v) is 7.01. The normalized spacial score (nSPS) is 14.5. The topological polar surface area (TPSA) is 105 Å². The Hall–Kier alpha value is -4.13. The summed E-state index contributed by atoms with van der Waals surface area (Å²) >= 11 is 0. The molecule has 0 bridgehead atoms. The van der Waals surface area contributed by atoms with Gasteiger partial charge in [0, 0.05) is 12.3 Å². The van der Waals surface area contributed by atoms with Crippen molar-refractivity contribution >= 4 is 18.0 Å². The number of carboxylic acids is 1. The molecule has 0 saturated heterocycles. The number of carbonyl (C=O) groups excluding carboxylic acids is 2. The van der Waals surface area contributed by atoms with Gasteiger partial charge in [0.25, 0.3) is 0 Å². The van der Waals surface area contributed by atoms with Crippen LogP contribution < -0.4 is 10.6 Å². The molecule has 0 fully saturated rings. The van der Waals surface area contributed by atoms with E-state index in [4.69, 9.17) is 4.74 Å². The Kier molecular flexibility index (Phi) is 8.23. The average Bonchev–Trinajstić information content (AvgIpc) is 3.23. The van der Waals surface area contributed by atoms with Crippen LogP contribution in [0.1, 0.15) is 42.9 Å². The largest absolute Gasteiger partial charge is 0.480 e. The number of aliphatic carboxylic acids is 1. The molecule has 4 rings (SSSR count). The molecule has 0 saturated carbocycles. The third kappa shape index (κ3) is 6.00. The summed E-state index contributed by atoms with van der Waals surface area (Å²) in [5.41, 5.74) is 5.24. The van der Waals surface area contributed by atoms with Gasteiger partial charge in [-0.05, 0) is 33.7 Å². The van der Waals surface area contributed by atoms with Crippen molar-refractivity contribution in [1.82, 2.24) is 10.6 Å². The van der Waals surface area contributed by atoms with Gasteiger partial charge in [-0.2, -0.15) is 0 Å². The summed E-state index contributed by atoms with van der Waals surface area (Å²) in [6.07, 6.45) is 0.0374. The third-order valence-electron chi connectivity index (χ3n) is 7.01. The molecular formula is C30H32N2O5. The van der Waals surface area contributed by atoms with Crippen molar-refractivity contribution in [3.8, 4) is 11.1 Å². The number of rotatable bonds is 10. The minimum absolute atomic E-state index is 0.101. The highest BCUT2D eigenvalue weighted by Crippen LogP contribution is 2.44. The second-order valence-electron chi connectivity index (χ2n) is 9.42. The number of hydrogen-bond acceptors (Lipinski definition) is 4. The Morgan fingerprint density at radius 3 is 2.00 bits per heavy atom. The highest BCUT2D eigenvalue weighted by atomic mass is 16.5. The van der Waals surface area contributed by atoms with Crippen molar-refractivity contribution in [2.24, 2.45) is 5.92 Å². The Morgan fingerprint density at radius 2 is 1.43 bits per heavy atom. The Morgan fingerprint density at radius 1 is 0.865 bits per heavy atom. The van der Waals surface area contributed by atoms with E-state index in [1.165, 1.54) is 0 Å². The Bertz CT molecular complexity index is 1210. The lowest BCUT2D eigenvalue weighted by atomic mass is 9.97. The van der Waals surface area contributed by atoms with Gasteiger partial charge in [-0.15, -0.1) is 0 Å². The molecule has 0 radical (unpaired) electrons. The first-order chi connectivity index (χ1) is 17.9. The quantitative estimate of drug-likeness (QED) is 0.373. The first-order valence-electron chi connectivity index (χ1n) is 12.6. The van der Waals surface area contributed by atoms with Gasteiger partial charge in [0.2, 0.25) is 5.91 Å². The van der Waals surface area contributed by atoms with Crippen molar-refractivity contribution in [2.45, 2.75) is 44.7 Å². The molecule has 3 atom stereocenters. The Balaban J connectivity index is 1.42. The van der Waals surface area contributed by atoms with Crippen LogP contribution in [0.25, 0.3) is 11.1 Å². The van der Waals surface area contributed by atoms with Crippen molar-refractivity contribution in [2.75, 3.05) is 6.61 Å². The van der Waals surface area contributed by atoms with Gasteiger partial charge < -0.3 is 20.5 Å². The molecule has 0 aliphatic heterocycles. The number of amides is 2. The van der Waals surface area contributed by atoms with E-state index in [1.807, 2.05) is 80.6 Å². The van der Waals surface area contributed by atoms with Crippen LogP contribution in [0, 0.1) is 5.92 Å². The molecule has 0 spiro atoms. The maximum Gasteiger partial charge on any atom is 0.407 e. The molecule has 0 aromatic heterocycles. The van der Waals surface area contributed by atoms with E-state index in [2.05, 4.69) is 22.8 Å². The molecule has 3 aromatic carbocycles. The number of carbonyl (C=O) groups is 3. The summed E-state index contributed by atoms with van der Waals surface area (Å²) < 4.78 is 5.62. The van der Waals surface area contributed by atoms with Crippen molar-refractivity contribution in [3.05, 3.63) is 95.6 Å². The number of nitrogens with one attached hydrogen (secondary N) is 2. The van der Waals surface area contributed by atoms with Crippen LogP contribution in [0.3, 0.4) is 0 Å². The van der Waals surface area contributed by atoms with E-state index in [-0.39, 0.29) is 24.9 Å². The highest BCUT2D eigenvalue weighted by molar-refractivity contribution is 5.89. The zero-order valence-corrected chi connectivity index (χ0v) is 21.0. The first-order valence-corrected chi connectivity index (χ1v) is 12.6. The minimum atomic E-state index is -1.14. The molecule has 3 N–H and O–H groups in total. The minimum Gasteiger partial charge on any atom is -0.480 e. The fraction of sp³-hybridized carbons (Fsp3) is 0.300. The summed E-state index contributed by atoms with van der Waals surface area (Å²) in [7, 11) is 0. The van der Waals surface area contributed by atoms with Crippen LogP contribution in [0.4, 0.5) is 4.79 Å². The second kappa shape index (κ2) is 11.7. The maximum absolute atomic E-state index is 13.1. The average molecular weight is 501 g/mol. The van der Waals surface area contributed by atoms with E-state index in [1.54, 1.807) is 0 Å². The van der Waals surface area contributed by atoms with Gasteiger partial charge in [0.1, 0.15) is 18.7 Å². The van der Waals surface area contributed by atoms with Crippen molar-refractivity contribution < 1.29 is 24.2 Å². The zero-order valence-electron chi connectivity index (χ0n) is 21.0. The van der Waals surface area contributed by atoms with E-state index in [9.17, 15) is 19.5 Å². The molecule has 2 amide bonds. The maximum atomic E-state index is 13.1. The summed E-state index contributed by atoms with van der Waals surface area (Å²) in [5.74, 6) is -2.02. The van der Waals surface area contributed by atoms with Gasteiger partial charge in [-0.3, -0.25) is 4.79 Å². The summed E-state index contributed by atoms with van der Waals surface area (Å²) in [6, 6.07) is 23.2. The molecule has 37 heavy (non-hydrogen) atoms. The SMILES string of the molecule is CC[C@H](C)[C@H](NC(=O)OCC1c2ccccc2-c2ccccc21)C(=O)N[C@@H](Cc1ccccc1)C(=O)O. The van der Waals surface area contributed by atoms with Gasteiger partial charge >= 0.3 is 12.1 Å². The van der Waals surface area contributed by atoms with Crippen LogP contribution in [-0.2, 0) is 20.7 Å². The van der Waals surface area contributed by atoms with Gasteiger partial charge in [-0.1, -0.05) is 99.1 Å². The monoisotopic (exact) mass is 500 g/mol. The molecule has 3 aromatic rings. The lowest BCUT2D eigenvalue weighted by molar-refractivity contribution is -0.142. The van der Waals surface area contributed by atoms with Crippen LogP contribution in [0.2, 0.25) is 0 Å². The van der Waals surface area contributed by atoms with E-state index in [0.29, 0.717) is 6.42 Å². The van der Waals surface area contributed by atoms with Gasteiger partial charge in [0.05, 0.1) is 0 Å². The number of ether oxygens (including phenoxy) is 1. The highest BCUT2D eigenvalue weighted by Gasteiger charge is 2.32. The van der Waals surface area contributed by atoms with Crippen LogP contribution in [-0.4, -0.2) is 41.8 Å². The fourth-order valence-corrected chi connectivity index (χ4v) is 4.78. The zero-order chi connectivity index (χ0) is 26.4. The van der Waals surface area contributed by atoms with E-state index in [0.717, 1.165) is 27.8 Å². The second-order valence-corrected chi connectivity index (χ2v) is 9.42. The van der Waals surface area contributed by atoms with Crippen LogP contribution >= 0.6 is 0 Å². The van der Waals surface area contributed by atoms with Crippen LogP contribution in [0.15, 0.2) is 78.9 Å². The number of fused-ring (bicyclic) bond motifs is 3. The molecular weight excluding hydrogens is 468 g/mol. The number of hydrogen-bond donors (Lipinski definition) is 3. The summed E-state index contributed by atoms with van der Waals surface area (Å²) in [5, 5.41) is 15.0. The molecule has 7 nitrogen and oxygen atoms in total. The molecule has 1 aliphatic carbocycles. The first kappa shape index (κ1) is 25.9. The predicted molar refractivity (Wildman–Crippen MR) is 141 cm³/mol. The predicted octanol–water partition coefficient (Wildman–Crippen LogP) is 4.75. The molecule has 7 heteroatoms. The smallest absolute Gasteiger partial charge is 0.407 e. The lowest BCUT2D eigenvalue weighted by Gasteiger charge is -2.25. The number of benzene rings is 3. The molecule has 1 aliphatic rings. The number of alkyl carbamates (subject to hydrolysis) is 1. The van der Waals surface area contributed by atoms with Crippen molar-refractivity contribution in [3.63, 3.8) is 0 Å². The fourth-order valence-electron chi connectivity index (χ4n) is 4.78. The molecule has 0 unspecified atom stereocenters. The standard InChI is InChI=1S/C30H32N2O5/c1-3-19(2)27(28(33)31-26(29(34)35)17-20-11-5-4-6-12-20)32-30(36)37-18-25-23-15-9-7-13-21(23)22-14-8-10-16-24(22)25/h4-16,19,25-27H,3,17-18H2,1-2H3,(H,31,33)(H,32,36)(H,34,35)/t19-,26-,27-/m0/s1. The lowest BCUT2D eigenvalue weighted by Crippen LogP contribution is -2.54. The van der Waals surface area contributed by atoms with Crippen molar-refractivity contribution in [1.29, 1.82) is 0 Å². The molecule has 192 valence electrons. The van der Waals surface area contributed by atoms with Gasteiger partial charge in [0.15, 0.2) is 0 Å². The van der Waals surface area contributed by atoms with Crippen LogP contribution in [0.5, 0.6) is 0 Å². The molecule has 0 heterocycles. The van der Waals surface area contributed by atoms with E-state index >= 15 is 0 Å². The summed E-state index contributed by atoms with van der Waals surface area (Å²) in [4.78, 5) is 37.8. The number of carboxylic acid groups (broad SMARTS) is 1. The summed E-state index contributed by atoms with van der Waals surface area (Å²) in [6.45, 7) is 3.87. The Labute approximate surface area is 216 Å². The van der Waals surface area contributed by atoms with E-state index < -0.39 is 30.1 Å². The van der Waals surface area contributed by atoms with Gasteiger partial charge in [-0.25, -0.2) is 9.59 Å².